The Balaban J connectivity index is 0.00000133. The molecule has 6 heteroatoms. The summed E-state index contributed by atoms with van der Waals surface area (Å²) >= 11 is 0. The molecule has 0 saturated heterocycles. The summed E-state index contributed by atoms with van der Waals surface area (Å²) < 4.78 is 1.66. The lowest BCUT2D eigenvalue weighted by atomic mass is 10.2. The first-order valence-corrected chi connectivity index (χ1v) is 6.45. The summed E-state index contributed by atoms with van der Waals surface area (Å²) in [5, 5.41) is 7.63. The van der Waals surface area contributed by atoms with Gasteiger partial charge in [0.25, 0.3) is 0 Å². The average molecular weight is 280 g/mol. The molecule has 102 valence electrons. The Morgan fingerprint density at radius 2 is 2.11 bits per heavy atom. The molecule has 1 aliphatic carbocycles. The van der Waals surface area contributed by atoms with Crippen molar-refractivity contribution in [1.82, 2.24) is 25.1 Å². The molecule has 0 amide bonds. The van der Waals surface area contributed by atoms with Gasteiger partial charge in [0.05, 0.1) is 0 Å². The molecule has 0 aliphatic heterocycles. The third-order valence-electron chi connectivity index (χ3n) is 3.41. The van der Waals surface area contributed by atoms with E-state index in [9.17, 15) is 0 Å². The maximum Gasteiger partial charge on any atom is 0.155 e. The highest BCUT2D eigenvalue weighted by molar-refractivity contribution is 5.85. The standard InChI is InChI=1S/C13H17N5.ClH/c1-2-4-12(3-1)15-7-11-5-6-13(16-8-11)18-10-14-9-17-18;/h5-6,8-10,12,15H,1-4,7H2;1H. The zero-order valence-corrected chi connectivity index (χ0v) is 11.5. The monoisotopic (exact) mass is 279 g/mol. The molecule has 2 heterocycles. The quantitative estimate of drug-likeness (QED) is 0.931. The molecule has 19 heavy (non-hydrogen) atoms. The van der Waals surface area contributed by atoms with Crippen molar-refractivity contribution < 1.29 is 0 Å². The van der Waals surface area contributed by atoms with E-state index in [1.54, 1.807) is 11.0 Å². The molecular weight excluding hydrogens is 262 g/mol. The molecule has 0 bridgehead atoms. The molecular formula is C13H18ClN5. The van der Waals surface area contributed by atoms with E-state index in [0.29, 0.717) is 6.04 Å². The van der Waals surface area contributed by atoms with Crippen LogP contribution in [0.4, 0.5) is 0 Å². The number of rotatable bonds is 4. The van der Waals surface area contributed by atoms with Gasteiger partial charge in [-0.3, -0.25) is 0 Å². The molecule has 0 spiro atoms. The highest BCUT2D eigenvalue weighted by Crippen LogP contribution is 2.18. The SMILES string of the molecule is Cl.c1ncn(-c2ccc(CNC3CCCC3)cn2)n1. The summed E-state index contributed by atoms with van der Waals surface area (Å²) in [5.41, 5.74) is 1.21. The predicted octanol–water partition coefficient (Wildman–Crippen LogP) is 2.12. The van der Waals surface area contributed by atoms with Gasteiger partial charge < -0.3 is 5.32 Å². The fourth-order valence-electron chi connectivity index (χ4n) is 2.38. The average Bonchev–Trinajstić information content (AvgIpc) is 3.10. The zero-order chi connectivity index (χ0) is 12.2. The number of aromatic nitrogens is 4. The lowest BCUT2D eigenvalue weighted by Gasteiger charge is -2.11. The van der Waals surface area contributed by atoms with Crippen LogP contribution in [0.15, 0.2) is 31.0 Å². The second-order valence-electron chi connectivity index (χ2n) is 4.73. The molecule has 1 aliphatic rings. The maximum atomic E-state index is 4.39. The Morgan fingerprint density at radius 1 is 1.26 bits per heavy atom. The molecule has 1 N–H and O–H groups in total. The fraction of sp³-hybridized carbons (Fsp3) is 0.462. The van der Waals surface area contributed by atoms with Crippen LogP contribution in [0.5, 0.6) is 0 Å². The number of pyridine rings is 1. The summed E-state index contributed by atoms with van der Waals surface area (Å²) in [6, 6.07) is 4.76. The van der Waals surface area contributed by atoms with Gasteiger partial charge in [0, 0.05) is 18.8 Å². The van der Waals surface area contributed by atoms with Crippen LogP contribution in [0, 0.1) is 0 Å². The van der Waals surface area contributed by atoms with E-state index in [1.807, 2.05) is 12.3 Å². The van der Waals surface area contributed by atoms with Gasteiger partial charge in [0.2, 0.25) is 0 Å². The summed E-state index contributed by atoms with van der Waals surface area (Å²) in [5.74, 6) is 0.803. The van der Waals surface area contributed by atoms with Gasteiger partial charge in [-0.05, 0) is 24.5 Å². The summed E-state index contributed by atoms with van der Waals surface area (Å²) in [4.78, 5) is 8.30. The Hall–Kier alpha value is -1.46. The fourth-order valence-corrected chi connectivity index (χ4v) is 2.38. The van der Waals surface area contributed by atoms with E-state index >= 15 is 0 Å². The van der Waals surface area contributed by atoms with E-state index in [4.69, 9.17) is 0 Å². The van der Waals surface area contributed by atoms with Crippen LogP contribution in [0.25, 0.3) is 5.82 Å². The second kappa shape index (κ2) is 6.63. The van der Waals surface area contributed by atoms with E-state index in [2.05, 4.69) is 26.4 Å². The molecule has 0 radical (unpaired) electrons. The highest BCUT2D eigenvalue weighted by atomic mass is 35.5. The van der Waals surface area contributed by atoms with Gasteiger partial charge in [0.15, 0.2) is 5.82 Å². The van der Waals surface area contributed by atoms with Gasteiger partial charge in [-0.1, -0.05) is 18.9 Å². The molecule has 2 aromatic rings. The second-order valence-corrected chi connectivity index (χ2v) is 4.73. The van der Waals surface area contributed by atoms with Gasteiger partial charge in [-0.2, -0.15) is 5.10 Å². The minimum atomic E-state index is 0. The normalized spacial score (nSPS) is 15.4. The van der Waals surface area contributed by atoms with E-state index in [1.165, 1.54) is 37.6 Å². The third-order valence-corrected chi connectivity index (χ3v) is 3.41. The Kier molecular flexibility index (Phi) is 4.87. The molecule has 1 fully saturated rings. The molecule has 0 aromatic carbocycles. The van der Waals surface area contributed by atoms with Crippen LogP contribution >= 0.6 is 12.4 Å². The van der Waals surface area contributed by atoms with Crippen LogP contribution < -0.4 is 5.32 Å². The third kappa shape index (κ3) is 3.52. The van der Waals surface area contributed by atoms with Crippen molar-refractivity contribution in [2.75, 3.05) is 0 Å². The maximum absolute atomic E-state index is 4.39. The number of halogens is 1. The number of hydrogen-bond donors (Lipinski definition) is 1. The summed E-state index contributed by atoms with van der Waals surface area (Å²) in [7, 11) is 0. The number of nitrogens with one attached hydrogen (secondary N) is 1. The molecule has 1 saturated carbocycles. The first kappa shape index (κ1) is 14.0. The van der Waals surface area contributed by atoms with Crippen molar-refractivity contribution in [2.45, 2.75) is 38.3 Å². The molecule has 0 unspecified atom stereocenters. The van der Waals surface area contributed by atoms with Gasteiger partial charge >= 0.3 is 0 Å². The van der Waals surface area contributed by atoms with Gasteiger partial charge in [-0.25, -0.2) is 14.6 Å². The van der Waals surface area contributed by atoms with E-state index < -0.39 is 0 Å². The smallest absolute Gasteiger partial charge is 0.155 e. The van der Waals surface area contributed by atoms with Crippen molar-refractivity contribution in [3.63, 3.8) is 0 Å². The molecule has 5 nitrogen and oxygen atoms in total. The van der Waals surface area contributed by atoms with E-state index in [-0.39, 0.29) is 12.4 Å². The Bertz CT molecular complexity index is 476. The summed E-state index contributed by atoms with van der Waals surface area (Å²) in [6.45, 7) is 0.898. The van der Waals surface area contributed by atoms with Crippen LogP contribution in [-0.2, 0) is 6.54 Å². The van der Waals surface area contributed by atoms with Crippen molar-refractivity contribution in [3.05, 3.63) is 36.5 Å². The molecule has 3 rings (SSSR count). The van der Waals surface area contributed by atoms with Crippen LogP contribution in [0.3, 0.4) is 0 Å². The highest BCUT2D eigenvalue weighted by Gasteiger charge is 2.13. The van der Waals surface area contributed by atoms with Crippen LogP contribution in [0.1, 0.15) is 31.2 Å². The van der Waals surface area contributed by atoms with Crippen molar-refractivity contribution in [2.24, 2.45) is 0 Å². The first-order chi connectivity index (χ1) is 8.92. The lowest BCUT2D eigenvalue weighted by Crippen LogP contribution is -2.25. The van der Waals surface area contributed by atoms with Gasteiger partial charge in [-0.15, -0.1) is 12.4 Å². The van der Waals surface area contributed by atoms with Crippen molar-refractivity contribution in [1.29, 1.82) is 0 Å². The number of hydrogen-bond acceptors (Lipinski definition) is 4. The largest absolute Gasteiger partial charge is 0.310 e. The molecule has 2 aromatic heterocycles. The Labute approximate surface area is 118 Å². The topological polar surface area (TPSA) is 55.6 Å². The number of nitrogens with zero attached hydrogens (tertiary/aromatic N) is 4. The lowest BCUT2D eigenvalue weighted by molar-refractivity contribution is 0.523. The van der Waals surface area contributed by atoms with Crippen molar-refractivity contribution >= 4 is 12.4 Å². The van der Waals surface area contributed by atoms with Gasteiger partial charge in [0.1, 0.15) is 12.7 Å². The van der Waals surface area contributed by atoms with E-state index in [0.717, 1.165) is 12.4 Å². The predicted molar refractivity (Wildman–Crippen MR) is 75.5 cm³/mol. The molecule has 0 atom stereocenters. The van der Waals surface area contributed by atoms with Crippen LogP contribution in [-0.4, -0.2) is 25.8 Å². The van der Waals surface area contributed by atoms with Crippen LogP contribution in [0.2, 0.25) is 0 Å². The first-order valence-electron chi connectivity index (χ1n) is 6.45. The minimum absolute atomic E-state index is 0. The summed E-state index contributed by atoms with van der Waals surface area (Å²) in [6.07, 6.45) is 10.4. The Morgan fingerprint density at radius 3 is 2.74 bits per heavy atom. The van der Waals surface area contributed by atoms with Crippen molar-refractivity contribution in [3.8, 4) is 5.82 Å². The zero-order valence-electron chi connectivity index (χ0n) is 10.7. The minimum Gasteiger partial charge on any atom is -0.310 e.